The van der Waals surface area contributed by atoms with Crippen molar-refractivity contribution in [2.75, 3.05) is 13.7 Å². The summed E-state index contributed by atoms with van der Waals surface area (Å²) in [7, 11) is 1.72. The maximum atomic E-state index is 12.0. The second kappa shape index (κ2) is 6.63. The zero-order valence-corrected chi connectivity index (χ0v) is 12.4. The van der Waals surface area contributed by atoms with Crippen molar-refractivity contribution in [1.29, 1.82) is 0 Å². The molecule has 2 rings (SSSR count). The number of allylic oxidation sites excluding steroid dienone is 2. The minimum absolute atomic E-state index is 0.0477. The Labute approximate surface area is 127 Å². The fraction of sp³-hybridized carbons (Fsp3) is 0.333. The van der Waals surface area contributed by atoms with Crippen LogP contribution in [-0.2, 0) is 4.79 Å². The van der Waals surface area contributed by atoms with Gasteiger partial charge in [0, 0.05) is 12.7 Å². The predicted molar refractivity (Wildman–Crippen MR) is 78.6 cm³/mol. The summed E-state index contributed by atoms with van der Waals surface area (Å²) >= 11 is 5.77. The normalized spacial score (nSPS) is 13.7. The molecule has 1 aliphatic carbocycles. The van der Waals surface area contributed by atoms with E-state index in [0.717, 1.165) is 25.0 Å². The van der Waals surface area contributed by atoms with Gasteiger partial charge in [-0.05, 0) is 37.5 Å². The van der Waals surface area contributed by atoms with Crippen molar-refractivity contribution in [2.45, 2.75) is 19.3 Å². The molecule has 0 atom stereocenters. The highest BCUT2D eigenvalue weighted by molar-refractivity contribution is 6.33. The van der Waals surface area contributed by atoms with Crippen molar-refractivity contribution in [1.82, 2.24) is 4.90 Å². The number of halogens is 1. The lowest BCUT2D eigenvalue weighted by Crippen LogP contribution is -2.30. The van der Waals surface area contributed by atoms with Gasteiger partial charge in [-0.3, -0.25) is 4.79 Å². The van der Waals surface area contributed by atoms with Crippen LogP contribution in [-0.4, -0.2) is 35.5 Å². The van der Waals surface area contributed by atoms with Crippen molar-refractivity contribution in [3.63, 3.8) is 0 Å². The molecule has 0 fully saturated rings. The molecule has 6 heteroatoms. The maximum absolute atomic E-state index is 12.0. The third-order valence-corrected chi connectivity index (χ3v) is 3.68. The molecule has 1 aromatic carbocycles. The van der Waals surface area contributed by atoms with Gasteiger partial charge in [-0.15, -0.1) is 0 Å². The Morgan fingerprint density at radius 2 is 2.19 bits per heavy atom. The first-order valence-corrected chi connectivity index (χ1v) is 6.98. The van der Waals surface area contributed by atoms with E-state index in [1.165, 1.54) is 18.2 Å². The average Bonchev–Trinajstić information content (AvgIpc) is 2.99. The summed E-state index contributed by atoms with van der Waals surface area (Å²) in [4.78, 5) is 24.6. The fourth-order valence-electron chi connectivity index (χ4n) is 2.12. The first kappa shape index (κ1) is 15.4. The molecule has 112 valence electrons. The number of ether oxygens (including phenoxy) is 1. The van der Waals surface area contributed by atoms with Crippen LogP contribution in [0.4, 0.5) is 0 Å². The monoisotopic (exact) mass is 309 g/mol. The SMILES string of the molecule is CN(C(=O)COc1ccc(Cl)c(C(=O)O)c1)C1=CCCC1. The van der Waals surface area contributed by atoms with E-state index in [1.54, 1.807) is 11.9 Å². The Morgan fingerprint density at radius 3 is 2.81 bits per heavy atom. The summed E-state index contributed by atoms with van der Waals surface area (Å²) in [6.07, 6.45) is 5.00. The van der Waals surface area contributed by atoms with Gasteiger partial charge in [-0.2, -0.15) is 0 Å². The molecule has 0 radical (unpaired) electrons. The predicted octanol–water partition coefficient (Wildman–Crippen LogP) is 2.94. The van der Waals surface area contributed by atoms with Crippen molar-refractivity contribution < 1.29 is 19.4 Å². The number of carbonyl (C=O) groups excluding carboxylic acids is 1. The largest absolute Gasteiger partial charge is 0.484 e. The molecular weight excluding hydrogens is 294 g/mol. The number of hydrogen-bond acceptors (Lipinski definition) is 3. The summed E-state index contributed by atoms with van der Waals surface area (Å²) in [6.45, 7) is -0.144. The number of amides is 1. The van der Waals surface area contributed by atoms with Crippen LogP contribution < -0.4 is 4.74 Å². The summed E-state index contributed by atoms with van der Waals surface area (Å²) < 4.78 is 5.35. The van der Waals surface area contributed by atoms with Gasteiger partial charge in [0.1, 0.15) is 5.75 Å². The first-order valence-electron chi connectivity index (χ1n) is 6.60. The summed E-state index contributed by atoms with van der Waals surface area (Å²) in [6, 6.07) is 4.29. The zero-order valence-electron chi connectivity index (χ0n) is 11.6. The van der Waals surface area contributed by atoms with Crippen LogP contribution in [0.1, 0.15) is 29.6 Å². The van der Waals surface area contributed by atoms with Crippen LogP contribution in [0.15, 0.2) is 30.0 Å². The number of carboxylic acid groups (broad SMARTS) is 1. The number of aromatic carboxylic acids is 1. The molecule has 5 nitrogen and oxygen atoms in total. The average molecular weight is 310 g/mol. The van der Waals surface area contributed by atoms with Gasteiger partial charge >= 0.3 is 5.97 Å². The highest BCUT2D eigenvalue weighted by atomic mass is 35.5. The second-order valence-corrected chi connectivity index (χ2v) is 5.18. The van der Waals surface area contributed by atoms with Crippen LogP contribution in [0.2, 0.25) is 5.02 Å². The Hall–Kier alpha value is -2.01. The van der Waals surface area contributed by atoms with Crippen LogP contribution in [0, 0.1) is 0 Å². The molecule has 0 unspecified atom stereocenters. The number of likely N-dealkylation sites (N-methyl/N-ethyl adjacent to an activating group) is 1. The smallest absolute Gasteiger partial charge is 0.337 e. The number of carboxylic acids is 1. The molecule has 1 aliphatic rings. The standard InChI is InChI=1S/C15H16ClNO4/c1-17(10-4-2-3-5-10)14(18)9-21-11-6-7-13(16)12(8-11)15(19)20/h4,6-8H,2-3,5,9H2,1H3,(H,19,20). The van der Waals surface area contributed by atoms with E-state index in [0.29, 0.717) is 5.75 Å². The fourth-order valence-corrected chi connectivity index (χ4v) is 2.32. The highest BCUT2D eigenvalue weighted by Crippen LogP contribution is 2.23. The Balaban J connectivity index is 1.98. The van der Waals surface area contributed by atoms with Crippen molar-refractivity contribution in [3.05, 3.63) is 40.6 Å². The Bertz CT molecular complexity index is 597. The van der Waals surface area contributed by atoms with Gasteiger partial charge < -0.3 is 14.7 Å². The summed E-state index contributed by atoms with van der Waals surface area (Å²) in [5.74, 6) is -1.00. The van der Waals surface area contributed by atoms with Gasteiger partial charge in [0.15, 0.2) is 6.61 Å². The number of carbonyl (C=O) groups is 2. The molecule has 21 heavy (non-hydrogen) atoms. The van der Waals surface area contributed by atoms with Gasteiger partial charge in [0.25, 0.3) is 5.91 Å². The molecule has 1 aromatic rings. The number of nitrogens with zero attached hydrogens (tertiary/aromatic N) is 1. The third-order valence-electron chi connectivity index (χ3n) is 3.35. The number of rotatable bonds is 5. The quantitative estimate of drug-likeness (QED) is 0.908. The molecule has 1 N–H and O–H groups in total. The molecule has 0 spiro atoms. The Morgan fingerprint density at radius 1 is 1.43 bits per heavy atom. The van der Waals surface area contributed by atoms with Crippen LogP contribution in [0.25, 0.3) is 0 Å². The van der Waals surface area contributed by atoms with Crippen LogP contribution in [0.3, 0.4) is 0 Å². The molecule has 0 aliphatic heterocycles. The molecule has 0 saturated heterocycles. The zero-order chi connectivity index (χ0) is 15.4. The van der Waals surface area contributed by atoms with E-state index in [4.69, 9.17) is 21.4 Å². The summed E-state index contributed by atoms with van der Waals surface area (Å²) in [5.41, 5.74) is 0.958. The minimum atomic E-state index is -1.13. The third kappa shape index (κ3) is 3.76. The lowest BCUT2D eigenvalue weighted by molar-refractivity contribution is -0.130. The van der Waals surface area contributed by atoms with Crippen molar-refractivity contribution >= 4 is 23.5 Å². The topological polar surface area (TPSA) is 66.8 Å². The minimum Gasteiger partial charge on any atom is -0.484 e. The molecule has 0 saturated carbocycles. The summed E-state index contributed by atoms with van der Waals surface area (Å²) in [5, 5.41) is 9.11. The highest BCUT2D eigenvalue weighted by Gasteiger charge is 2.17. The van der Waals surface area contributed by atoms with E-state index in [9.17, 15) is 9.59 Å². The van der Waals surface area contributed by atoms with E-state index in [-0.39, 0.29) is 23.1 Å². The second-order valence-electron chi connectivity index (χ2n) is 4.78. The number of hydrogen-bond donors (Lipinski definition) is 1. The van der Waals surface area contributed by atoms with Gasteiger partial charge in [0.05, 0.1) is 10.6 Å². The van der Waals surface area contributed by atoms with E-state index in [2.05, 4.69) is 0 Å². The maximum Gasteiger partial charge on any atom is 0.337 e. The molecular formula is C15H16ClNO4. The lowest BCUT2D eigenvalue weighted by atomic mass is 10.2. The lowest BCUT2D eigenvalue weighted by Gasteiger charge is -2.18. The van der Waals surface area contributed by atoms with E-state index >= 15 is 0 Å². The molecule has 0 heterocycles. The van der Waals surface area contributed by atoms with Gasteiger partial charge in [0.2, 0.25) is 0 Å². The molecule has 1 amide bonds. The van der Waals surface area contributed by atoms with Gasteiger partial charge in [-0.25, -0.2) is 4.79 Å². The van der Waals surface area contributed by atoms with Crippen LogP contribution >= 0.6 is 11.6 Å². The number of benzene rings is 1. The van der Waals surface area contributed by atoms with E-state index in [1.807, 2.05) is 6.08 Å². The Kier molecular flexibility index (Phi) is 4.85. The molecule has 0 aromatic heterocycles. The van der Waals surface area contributed by atoms with Gasteiger partial charge in [-0.1, -0.05) is 17.7 Å². The van der Waals surface area contributed by atoms with Crippen molar-refractivity contribution in [2.24, 2.45) is 0 Å². The molecule has 0 bridgehead atoms. The van der Waals surface area contributed by atoms with Crippen LogP contribution in [0.5, 0.6) is 5.75 Å². The first-order chi connectivity index (χ1) is 9.99. The van der Waals surface area contributed by atoms with Crippen molar-refractivity contribution in [3.8, 4) is 5.75 Å². The van der Waals surface area contributed by atoms with E-state index < -0.39 is 5.97 Å².